The zero-order chi connectivity index (χ0) is 13.2. The van der Waals surface area contributed by atoms with Crippen molar-refractivity contribution in [3.05, 3.63) is 18.2 Å². The average Bonchev–Trinajstić information content (AvgIpc) is 2.97. The number of hydrogen-bond donors (Lipinski definition) is 1. The van der Waals surface area contributed by atoms with Gasteiger partial charge in [0.1, 0.15) is 0 Å². The maximum Gasteiger partial charge on any atom is 0.0951 e. The molecule has 1 aliphatic carbocycles. The Hall–Kier alpha value is -0.870. The maximum absolute atomic E-state index is 4.26. The van der Waals surface area contributed by atoms with Crippen LogP contribution in [0.3, 0.4) is 0 Å². The molecule has 0 radical (unpaired) electrons. The van der Waals surface area contributed by atoms with Crippen molar-refractivity contribution in [3.63, 3.8) is 0 Å². The van der Waals surface area contributed by atoms with E-state index in [2.05, 4.69) is 47.7 Å². The zero-order valence-electron chi connectivity index (χ0n) is 12.1. The Bertz CT molecular complexity index is 377. The predicted molar refractivity (Wildman–Crippen MR) is 74.5 cm³/mol. The second-order valence-electron chi connectivity index (χ2n) is 6.53. The minimum atomic E-state index is 0.300. The van der Waals surface area contributed by atoms with Crippen LogP contribution in [0, 0.1) is 5.41 Å². The molecule has 4 nitrogen and oxygen atoms in total. The van der Waals surface area contributed by atoms with Crippen molar-refractivity contribution in [1.29, 1.82) is 0 Å². The largest absolute Gasteiger partial charge is 0.330 e. The molecule has 0 bridgehead atoms. The first kappa shape index (κ1) is 13.6. The van der Waals surface area contributed by atoms with Crippen LogP contribution in [0.5, 0.6) is 0 Å². The topological polar surface area (TPSA) is 33.1 Å². The van der Waals surface area contributed by atoms with Crippen LogP contribution in [0.1, 0.15) is 38.4 Å². The molecule has 1 heterocycles. The number of rotatable bonds is 7. The minimum absolute atomic E-state index is 0.300. The third-order valence-electron chi connectivity index (χ3n) is 3.34. The van der Waals surface area contributed by atoms with Crippen LogP contribution in [0.2, 0.25) is 0 Å². The van der Waals surface area contributed by atoms with E-state index >= 15 is 0 Å². The first-order chi connectivity index (χ1) is 8.48. The standard InChI is InChI=1S/C14H26N4/c1-14(2,10-17(3)4)9-15-7-13-8-16-11-18(13)12-5-6-12/h8,11-12,15H,5-7,9-10H2,1-4H3. The molecule has 0 saturated heterocycles. The summed E-state index contributed by atoms with van der Waals surface area (Å²) in [4.78, 5) is 6.51. The summed E-state index contributed by atoms with van der Waals surface area (Å²) in [6.07, 6.45) is 6.59. The van der Waals surface area contributed by atoms with Crippen LogP contribution >= 0.6 is 0 Å². The molecule has 0 atom stereocenters. The number of imidazole rings is 1. The highest BCUT2D eigenvalue weighted by molar-refractivity contribution is 5.03. The molecule has 1 aliphatic rings. The molecule has 1 saturated carbocycles. The van der Waals surface area contributed by atoms with E-state index in [1.54, 1.807) is 0 Å². The Kier molecular flexibility index (Phi) is 4.07. The smallest absolute Gasteiger partial charge is 0.0951 e. The van der Waals surface area contributed by atoms with E-state index in [-0.39, 0.29) is 0 Å². The zero-order valence-corrected chi connectivity index (χ0v) is 12.1. The Balaban J connectivity index is 1.79. The van der Waals surface area contributed by atoms with E-state index < -0.39 is 0 Å². The number of hydrogen-bond acceptors (Lipinski definition) is 3. The molecule has 102 valence electrons. The predicted octanol–water partition coefficient (Wildman–Crippen LogP) is 1.90. The third kappa shape index (κ3) is 3.82. The van der Waals surface area contributed by atoms with Gasteiger partial charge in [0.2, 0.25) is 0 Å². The van der Waals surface area contributed by atoms with Crippen LogP contribution in [0.15, 0.2) is 12.5 Å². The molecule has 4 heteroatoms. The summed E-state index contributed by atoms with van der Waals surface area (Å²) in [6, 6.07) is 0.721. The third-order valence-corrected chi connectivity index (χ3v) is 3.34. The van der Waals surface area contributed by atoms with E-state index in [9.17, 15) is 0 Å². The van der Waals surface area contributed by atoms with Crippen molar-refractivity contribution < 1.29 is 0 Å². The highest BCUT2D eigenvalue weighted by atomic mass is 15.1. The first-order valence-electron chi connectivity index (χ1n) is 6.84. The van der Waals surface area contributed by atoms with Gasteiger partial charge in [-0.3, -0.25) is 0 Å². The van der Waals surface area contributed by atoms with Gasteiger partial charge < -0.3 is 14.8 Å². The summed E-state index contributed by atoms with van der Waals surface area (Å²) < 4.78 is 2.33. The molecule has 0 amide bonds. The molecule has 1 aromatic heterocycles. The Morgan fingerprint density at radius 1 is 1.44 bits per heavy atom. The van der Waals surface area contributed by atoms with Crippen LogP contribution in [0.25, 0.3) is 0 Å². The summed E-state index contributed by atoms with van der Waals surface area (Å²) in [5, 5.41) is 3.57. The first-order valence-corrected chi connectivity index (χ1v) is 6.84. The normalized spacial score (nSPS) is 16.5. The van der Waals surface area contributed by atoms with Gasteiger partial charge in [-0.15, -0.1) is 0 Å². The van der Waals surface area contributed by atoms with Gasteiger partial charge in [0, 0.05) is 31.9 Å². The van der Waals surface area contributed by atoms with Crippen molar-refractivity contribution in [2.75, 3.05) is 27.2 Å². The van der Waals surface area contributed by atoms with Crippen molar-refractivity contribution >= 4 is 0 Å². The summed E-state index contributed by atoms with van der Waals surface area (Å²) in [5.74, 6) is 0. The van der Waals surface area contributed by atoms with Crippen LogP contribution in [-0.4, -0.2) is 41.6 Å². The van der Waals surface area contributed by atoms with E-state index in [4.69, 9.17) is 0 Å². The van der Waals surface area contributed by atoms with Gasteiger partial charge >= 0.3 is 0 Å². The SMILES string of the molecule is CN(C)CC(C)(C)CNCc1cncn1C1CC1. The molecule has 18 heavy (non-hydrogen) atoms. The average molecular weight is 250 g/mol. The molecule has 0 unspecified atom stereocenters. The van der Waals surface area contributed by atoms with Gasteiger partial charge in [0.05, 0.1) is 12.0 Å². The fraction of sp³-hybridized carbons (Fsp3) is 0.786. The Labute approximate surface area is 110 Å². The lowest BCUT2D eigenvalue weighted by Gasteiger charge is -2.28. The Morgan fingerprint density at radius 2 is 2.17 bits per heavy atom. The van der Waals surface area contributed by atoms with Crippen LogP contribution in [0.4, 0.5) is 0 Å². The monoisotopic (exact) mass is 250 g/mol. The molecule has 0 aliphatic heterocycles. The van der Waals surface area contributed by atoms with Gasteiger partial charge in [0.15, 0.2) is 0 Å². The number of nitrogens with zero attached hydrogens (tertiary/aromatic N) is 3. The van der Waals surface area contributed by atoms with Crippen molar-refractivity contribution in [2.45, 2.75) is 39.3 Å². The number of aromatic nitrogens is 2. The van der Waals surface area contributed by atoms with E-state index in [0.717, 1.165) is 25.7 Å². The summed E-state index contributed by atoms with van der Waals surface area (Å²) in [6.45, 7) is 7.66. The van der Waals surface area contributed by atoms with Crippen LogP contribution < -0.4 is 5.32 Å². The molecule has 2 rings (SSSR count). The molecule has 0 aromatic carbocycles. The highest BCUT2D eigenvalue weighted by Gasteiger charge is 2.25. The fourth-order valence-electron chi connectivity index (χ4n) is 2.59. The van der Waals surface area contributed by atoms with Gasteiger partial charge in [-0.05, 0) is 32.4 Å². The summed E-state index contributed by atoms with van der Waals surface area (Å²) in [5.41, 5.74) is 1.62. The molecule has 1 aromatic rings. The van der Waals surface area contributed by atoms with Gasteiger partial charge in [0.25, 0.3) is 0 Å². The van der Waals surface area contributed by atoms with E-state index in [1.165, 1.54) is 18.5 Å². The molecule has 0 spiro atoms. The van der Waals surface area contributed by atoms with Gasteiger partial charge in [-0.25, -0.2) is 4.98 Å². The lowest BCUT2D eigenvalue weighted by atomic mass is 9.93. The second-order valence-corrected chi connectivity index (χ2v) is 6.53. The van der Waals surface area contributed by atoms with E-state index in [0.29, 0.717) is 5.41 Å². The molecular weight excluding hydrogens is 224 g/mol. The van der Waals surface area contributed by atoms with Gasteiger partial charge in [-0.2, -0.15) is 0 Å². The van der Waals surface area contributed by atoms with Crippen molar-refractivity contribution in [3.8, 4) is 0 Å². The van der Waals surface area contributed by atoms with Crippen molar-refractivity contribution in [2.24, 2.45) is 5.41 Å². The summed E-state index contributed by atoms with van der Waals surface area (Å²) in [7, 11) is 4.26. The highest BCUT2D eigenvalue weighted by Crippen LogP contribution is 2.35. The number of nitrogens with one attached hydrogen (secondary N) is 1. The van der Waals surface area contributed by atoms with Crippen molar-refractivity contribution in [1.82, 2.24) is 19.8 Å². The lowest BCUT2D eigenvalue weighted by Crippen LogP contribution is -2.37. The molecule has 1 fully saturated rings. The molecular formula is C14H26N4. The Morgan fingerprint density at radius 3 is 2.78 bits per heavy atom. The van der Waals surface area contributed by atoms with Crippen LogP contribution in [-0.2, 0) is 6.54 Å². The lowest BCUT2D eigenvalue weighted by molar-refractivity contribution is 0.231. The molecule has 1 N–H and O–H groups in total. The quantitative estimate of drug-likeness (QED) is 0.802. The van der Waals surface area contributed by atoms with E-state index in [1.807, 2.05) is 12.5 Å². The van der Waals surface area contributed by atoms with Gasteiger partial charge in [-0.1, -0.05) is 13.8 Å². The second kappa shape index (κ2) is 5.41. The minimum Gasteiger partial charge on any atom is -0.330 e. The summed E-state index contributed by atoms with van der Waals surface area (Å²) >= 11 is 0. The maximum atomic E-state index is 4.26. The fourth-order valence-corrected chi connectivity index (χ4v) is 2.59.